The van der Waals surface area contributed by atoms with Crippen LogP contribution in [0.4, 0.5) is 5.82 Å². The van der Waals surface area contributed by atoms with Crippen LogP contribution in [0.25, 0.3) is 22.4 Å². The fourth-order valence-corrected chi connectivity index (χ4v) is 5.66. The molecule has 0 spiro atoms. The molecule has 1 fully saturated rings. The van der Waals surface area contributed by atoms with Crippen molar-refractivity contribution in [2.24, 2.45) is 7.05 Å². The van der Waals surface area contributed by atoms with Gasteiger partial charge in [0.2, 0.25) is 10.0 Å². The van der Waals surface area contributed by atoms with E-state index in [1.54, 1.807) is 18.8 Å². The van der Waals surface area contributed by atoms with Crippen LogP contribution < -0.4 is 10.9 Å². The summed E-state index contributed by atoms with van der Waals surface area (Å²) in [6.07, 6.45) is 1.98. The Balaban J connectivity index is 1.80. The molecule has 13 heteroatoms. The van der Waals surface area contributed by atoms with E-state index in [2.05, 4.69) is 37.2 Å². The molecule has 0 atom stereocenters. The van der Waals surface area contributed by atoms with Crippen molar-refractivity contribution in [2.75, 3.05) is 58.3 Å². The van der Waals surface area contributed by atoms with Gasteiger partial charge < -0.3 is 19.9 Å². The van der Waals surface area contributed by atoms with Gasteiger partial charge in [-0.1, -0.05) is 13.8 Å². The van der Waals surface area contributed by atoms with Crippen LogP contribution in [0, 0.1) is 0 Å². The number of H-pyrrole nitrogens is 1. The van der Waals surface area contributed by atoms with Crippen molar-refractivity contribution in [1.29, 1.82) is 0 Å². The van der Waals surface area contributed by atoms with E-state index in [0.717, 1.165) is 12.2 Å². The van der Waals surface area contributed by atoms with Gasteiger partial charge in [-0.25, -0.2) is 18.4 Å². The summed E-state index contributed by atoms with van der Waals surface area (Å²) in [5, 5.41) is 7.44. The second-order valence-electron chi connectivity index (χ2n) is 8.36. The molecule has 35 heavy (non-hydrogen) atoms. The summed E-state index contributed by atoms with van der Waals surface area (Å²) >= 11 is 0. The third-order valence-corrected chi connectivity index (χ3v) is 8.14. The Kier molecular flexibility index (Phi) is 7.50. The van der Waals surface area contributed by atoms with Crippen molar-refractivity contribution in [3.05, 3.63) is 28.3 Å². The lowest BCUT2D eigenvalue weighted by Gasteiger charge is -2.33. The molecule has 12 nitrogen and oxygen atoms in total. The van der Waals surface area contributed by atoms with E-state index in [9.17, 15) is 13.2 Å². The minimum absolute atomic E-state index is 0.0550. The monoisotopic (exact) mass is 504 g/mol. The van der Waals surface area contributed by atoms with Crippen LogP contribution in [0.1, 0.15) is 19.5 Å². The Hall–Kier alpha value is -2.87. The van der Waals surface area contributed by atoms with E-state index in [0.29, 0.717) is 62.6 Å². The molecule has 3 aromatic heterocycles. The highest BCUT2D eigenvalue weighted by atomic mass is 32.2. The van der Waals surface area contributed by atoms with E-state index in [-0.39, 0.29) is 16.2 Å². The molecule has 1 aliphatic rings. The topological polar surface area (TPSA) is 138 Å². The number of likely N-dealkylation sites (N-methyl/N-ethyl adjacent to an activating group) is 1. The Morgan fingerprint density at radius 1 is 1.17 bits per heavy atom. The van der Waals surface area contributed by atoms with Crippen molar-refractivity contribution in [2.45, 2.75) is 25.2 Å². The summed E-state index contributed by atoms with van der Waals surface area (Å²) in [7, 11) is -0.415. The number of ether oxygens (including phenoxy) is 1. The van der Waals surface area contributed by atoms with Gasteiger partial charge in [0.15, 0.2) is 5.52 Å². The van der Waals surface area contributed by atoms with Gasteiger partial charge in [0.05, 0.1) is 17.9 Å². The Morgan fingerprint density at radius 3 is 2.57 bits per heavy atom. The summed E-state index contributed by atoms with van der Waals surface area (Å²) < 4.78 is 35.1. The molecule has 1 saturated heterocycles. The largest absolute Gasteiger partial charge is 0.383 e. The molecule has 190 valence electrons. The molecule has 3 aromatic rings. The molecule has 0 unspecified atom stereocenters. The number of methoxy groups -OCH3 is 1. The minimum Gasteiger partial charge on any atom is -0.383 e. The lowest BCUT2D eigenvalue weighted by molar-refractivity contribution is 0.196. The highest BCUT2D eigenvalue weighted by Gasteiger charge is 2.29. The van der Waals surface area contributed by atoms with Crippen LogP contribution in [0.3, 0.4) is 0 Å². The number of aryl methyl sites for hydroxylation is 2. The van der Waals surface area contributed by atoms with Gasteiger partial charge >= 0.3 is 0 Å². The third-order valence-electron chi connectivity index (χ3n) is 6.28. The highest BCUT2D eigenvalue weighted by molar-refractivity contribution is 7.89. The molecule has 4 heterocycles. The Morgan fingerprint density at radius 2 is 1.91 bits per heavy atom. The fourth-order valence-electron chi connectivity index (χ4n) is 4.26. The predicted octanol–water partition coefficient (Wildman–Crippen LogP) is 0.666. The predicted molar refractivity (Wildman–Crippen MR) is 133 cm³/mol. The molecule has 2 N–H and O–H groups in total. The van der Waals surface area contributed by atoms with Gasteiger partial charge in [-0.2, -0.15) is 9.40 Å². The van der Waals surface area contributed by atoms with E-state index < -0.39 is 15.6 Å². The molecule has 0 radical (unpaired) electrons. The number of nitrogens with one attached hydrogen (secondary N) is 2. The number of aromatic amines is 1. The number of pyridine rings is 1. The number of hydrogen-bond donors (Lipinski definition) is 2. The van der Waals surface area contributed by atoms with Crippen LogP contribution in [-0.2, 0) is 28.2 Å². The number of rotatable bonds is 9. The smallest absolute Gasteiger partial charge is 0.279 e. The van der Waals surface area contributed by atoms with Crippen LogP contribution in [0.2, 0.25) is 0 Å². The average molecular weight is 505 g/mol. The molecule has 0 aliphatic carbocycles. The molecular formula is C22H32N8O4S. The van der Waals surface area contributed by atoms with Crippen LogP contribution in [0.5, 0.6) is 0 Å². The zero-order valence-electron chi connectivity index (χ0n) is 20.5. The number of sulfonamides is 1. The third kappa shape index (κ3) is 4.94. The van der Waals surface area contributed by atoms with Crippen molar-refractivity contribution in [3.63, 3.8) is 0 Å². The zero-order valence-corrected chi connectivity index (χ0v) is 21.4. The highest BCUT2D eigenvalue weighted by Crippen LogP contribution is 2.28. The molecule has 0 amide bonds. The van der Waals surface area contributed by atoms with Crippen molar-refractivity contribution < 1.29 is 13.2 Å². The molecular weight excluding hydrogens is 472 g/mol. The van der Waals surface area contributed by atoms with Gasteiger partial charge in [0.25, 0.3) is 5.56 Å². The SMILES string of the molecule is CCc1c2nc(-c3cc(S(=O)(=O)N4CCN(CC)CC4)cnc3NCCOC)[nH]c(=O)c2nn1C. The number of anilines is 1. The summed E-state index contributed by atoms with van der Waals surface area (Å²) in [4.78, 5) is 27.0. The zero-order chi connectivity index (χ0) is 25.2. The van der Waals surface area contributed by atoms with Crippen LogP contribution in [-0.4, -0.2) is 95.3 Å². The summed E-state index contributed by atoms with van der Waals surface area (Å²) in [6, 6.07) is 1.52. The van der Waals surface area contributed by atoms with Crippen molar-refractivity contribution in [1.82, 2.24) is 33.9 Å². The normalized spacial score (nSPS) is 15.7. The van der Waals surface area contributed by atoms with Gasteiger partial charge in [-0.15, -0.1) is 0 Å². The van der Waals surface area contributed by atoms with E-state index in [4.69, 9.17) is 4.74 Å². The molecule has 0 aromatic carbocycles. The Bertz CT molecular complexity index is 1360. The van der Waals surface area contributed by atoms with Gasteiger partial charge in [0.1, 0.15) is 22.1 Å². The molecule has 4 rings (SSSR count). The summed E-state index contributed by atoms with van der Waals surface area (Å²) in [6.45, 7) is 7.97. The maximum absolute atomic E-state index is 13.4. The lowest BCUT2D eigenvalue weighted by Crippen LogP contribution is -2.48. The first-order chi connectivity index (χ1) is 16.8. The van der Waals surface area contributed by atoms with Gasteiger partial charge in [-0.05, 0) is 19.0 Å². The maximum Gasteiger partial charge on any atom is 0.279 e. The quantitative estimate of drug-likeness (QED) is 0.403. The van der Waals surface area contributed by atoms with E-state index in [1.165, 1.54) is 16.6 Å². The van der Waals surface area contributed by atoms with Gasteiger partial charge in [0, 0.05) is 53.1 Å². The Labute approximate surface area is 204 Å². The average Bonchev–Trinajstić information content (AvgIpc) is 3.19. The number of hydrogen-bond acceptors (Lipinski definition) is 9. The first-order valence-corrected chi connectivity index (χ1v) is 13.2. The van der Waals surface area contributed by atoms with Crippen molar-refractivity contribution >= 4 is 26.9 Å². The van der Waals surface area contributed by atoms with E-state index in [1.807, 2.05) is 6.92 Å². The maximum atomic E-state index is 13.4. The minimum atomic E-state index is -3.77. The summed E-state index contributed by atoms with van der Waals surface area (Å²) in [5.41, 5.74) is 1.53. The number of piperazine rings is 1. The van der Waals surface area contributed by atoms with Crippen molar-refractivity contribution in [3.8, 4) is 11.4 Å². The standard InChI is InChI=1S/C22H32N8O4S/c1-5-17-18-19(27-28(17)3)22(31)26-21(25-18)16-13-15(14-24-20(16)23-7-12-34-4)35(32,33)30-10-8-29(6-2)9-11-30/h13-14H,5-12H2,1-4H3,(H,23,24)(H,25,26,31). The molecule has 1 aliphatic heterocycles. The van der Waals surface area contributed by atoms with E-state index >= 15 is 0 Å². The molecule has 0 saturated carbocycles. The van der Waals surface area contributed by atoms with Crippen LogP contribution in [0.15, 0.2) is 22.0 Å². The number of aromatic nitrogens is 5. The second-order valence-corrected chi connectivity index (χ2v) is 10.3. The summed E-state index contributed by atoms with van der Waals surface area (Å²) in [5.74, 6) is 0.631. The lowest BCUT2D eigenvalue weighted by atomic mass is 10.2. The first-order valence-electron chi connectivity index (χ1n) is 11.7. The van der Waals surface area contributed by atoms with Gasteiger partial charge in [-0.3, -0.25) is 9.48 Å². The number of fused-ring (bicyclic) bond motifs is 1. The second kappa shape index (κ2) is 10.4. The number of nitrogens with zero attached hydrogens (tertiary/aromatic N) is 6. The van der Waals surface area contributed by atoms with Crippen LogP contribution >= 0.6 is 0 Å². The first kappa shape index (κ1) is 25.2. The molecule has 0 bridgehead atoms. The fraction of sp³-hybridized carbons (Fsp3) is 0.545.